The first-order chi connectivity index (χ1) is 12.3. The molecule has 0 aliphatic carbocycles. The number of rotatable bonds is 5. The van der Waals surface area contributed by atoms with Gasteiger partial charge < -0.3 is 4.42 Å². The van der Waals surface area contributed by atoms with Crippen molar-refractivity contribution in [3.8, 4) is 11.3 Å². The molecule has 1 aromatic heterocycles. The number of aromatic nitrogens is 1. The third-order valence-corrected chi connectivity index (χ3v) is 5.40. The predicted molar refractivity (Wildman–Crippen MR) is 92.2 cm³/mol. The Hall–Kier alpha value is -2.72. The lowest BCUT2D eigenvalue weighted by molar-refractivity contribution is -0.390. The zero-order chi connectivity index (χ0) is 18.9. The van der Waals surface area contributed by atoms with Crippen molar-refractivity contribution in [1.29, 1.82) is 0 Å². The second-order valence-electron chi connectivity index (χ2n) is 5.23. The number of sulfone groups is 1. The third kappa shape index (κ3) is 3.75. The smallest absolute Gasteiger partial charge is 0.301 e. The van der Waals surface area contributed by atoms with Crippen molar-refractivity contribution in [2.24, 2.45) is 0 Å². The van der Waals surface area contributed by atoms with Crippen LogP contribution in [-0.2, 0) is 9.84 Å². The predicted octanol–water partition coefficient (Wildman–Crippen LogP) is 3.94. The zero-order valence-corrected chi connectivity index (χ0v) is 14.9. The van der Waals surface area contributed by atoms with Gasteiger partial charge in [0.25, 0.3) is 5.22 Å². The van der Waals surface area contributed by atoms with Gasteiger partial charge in [-0.25, -0.2) is 17.8 Å². The SMILES string of the molecule is CS(=O)(=O)c1cccc(Sc2ncc(-c3ccc(F)cc3)o2)c1[N+](=O)[O-]. The molecule has 0 saturated heterocycles. The lowest BCUT2D eigenvalue weighted by Crippen LogP contribution is -2.03. The quantitative estimate of drug-likeness (QED) is 0.477. The molecule has 10 heteroatoms. The summed E-state index contributed by atoms with van der Waals surface area (Å²) in [7, 11) is -3.78. The lowest BCUT2D eigenvalue weighted by Gasteiger charge is -2.04. The molecule has 3 rings (SSSR count). The van der Waals surface area contributed by atoms with Gasteiger partial charge in [0.05, 0.1) is 16.0 Å². The summed E-state index contributed by atoms with van der Waals surface area (Å²) in [5, 5.41) is 11.5. The molecule has 0 N–H and O–H groups in total. The third-order valence-electron chi connectivity index (χ3n) is 3.35. The summed E-state index contributed by atoms with van der Waals surface area (Å²) in [5.74, 6) is -0.0366. The fourth-order valence-electron chi connectivity index (χ4n) is 2.21. The number of halogens is 1. The van der Waals surface area contributed by atoms with Crippen molar-refractivity contribution in [3.05, 3.63) is 64.6 Å². The highest BCUT2D eigenvalue weighted by Gasteiger charge is 2.27. The van der Waals surface area contributed by atoms with E-state index >= 15 is 0 Å². The van der Waals surface area contributed by atoms with Crippen molar-refractivity contribution >= 4 is 27.3 Å². The Balaban J connectivity index is 1.97. The number of hydrogen-bond donors (Lipinski definition) is 0. The van der Waals surface area contributed by atoms with E-state index in [1.807, 2.05) is 0 Å². The summed E-state index contributed by atoms with van der Waals surface area (Å²) in [4.78, 5) is 14.4. The van der Waals surface area contributed by atoms with E-state index in [1.54, 1.807) is 0 Å². The van der Waals surface area contributed by atoms with Gasteiger partial charge in [0.2, 0.25) is 0 Å². The van der Waals surface area contributed by atoms with Gasteiger partial charge in [-0.05, 0) is 48.2 Å². The molecule has 0 spiro atoms. The normalized spacial score (nSPS) is 11.5. The minimum absolute atomic E-state index is 0.0884. The largest absolute Gasteiger partial charge is 0.431 e. The molecule has 7 nitrogen and oxygen atoms in total. The summed E-state index contributed by atoms with van der Waals surface area (Å²) in [6, 6.07) is 9.57. The van der Waals surface area contributed by atoms with Crippen molar-refractivity contribution in [1.82, 2.24) is 4.98 Å². The molecule has 1 heterocycles. The van der Waals surface area contributed by atoms with Crippen LogP contribution in [-0.4, -0.2) is 24.6 Å². The molecule has 2 aromatic carbocycles. The van der Waals surface area contributed by atoms with Gasteiger partial charge in [0.1, 0.15) is 10.7 Å². The Morgan fingerprint density at radius 2 is 1.88 bits per heavy atom. The van der Waals surface area contributed by atoms with Crippen LogP contribution in [0.3, 0.4) is 0 Å². The van der Waals surface area contributed by atoms with E-state index in [-0.39, 0.29) is 15.0 Å². The zero-order valence-electron chi connectivity index (χ0n) is 13.2. The molecule has 0 aliphatic rings. The Morgan fingerprint density at radius 1 is 1.19 bits per heavy atom. The molecule has 3 aromatic rings. The minimum Gasteiger partial charge on any atom is -0.431 e. The van der Waals surface area contributed by atoms with E-state index < -0.39 is 26.3 Å². The monoisotopic (exact) mass is 394 g/mol. The molecule has 0 unspecified atom stereocenters. The van der Waals surface area contributed by atoms with Gasteiger partial charge >= 0.3 is 5.69 Å². The fraction of sp³-hybridized carbons (Fsp3) is 0.0625. The molecule has 0 fully saturated rings. The molecule has 134 valence electrons. The first kappa shape index (κ1) is 18.1. The number of nitro groups is 1. The van der Waals surface area contributed by atoms with Gasteiger partial charge in [-0.3, -0.25) is 10.1 Å². The molecular formula is C16H11FN2O5S2. The minimum atomic E-state index is -3.78. The van der Waals surface area contributed by atoms with E-state index in [0.717, 1.165) is 18.0 Å². The number of nitrogens with zero attached hydrogens (tertiary/aromatic N) is 2. The second kappa shape index (κ2) is 6.89. The molecule has 0 amide bonds. The highest BCUT2D eigenvalue weighted by molar-refractivity contribution is 7.99. The van der Waals surface area contributed by atoms with E-state index in [2.05, 4.69) is 4.98 Å². The fourth-order valence-corrected chi connectivity index (χ4v) is 3.99. The average molecular weight is 394 g/mol. The number of oxazole rings is 1. The molecule has 0 radical (unpaired) electrons. The maximum Gasteiger partial charge on any atom is 0.301 e. The van der Waals surface area contributed by atoms with Crippen LogP contribution in [0.15, 0.2) is 68.1 Å². The number of benzene rings is 2. The van der Waals surface area contributed by atoms with Crippen LogP contribution < -0.4 is 0 Å². The molecular weight excluding hydrogens is 383 g/mol. The van der Waals surface area contributed by atoms with Gasteiger partial charge in [0.15, 0.2) is 15.6 Å². The molecule has 0 saturated carbocycles. The number of hydrogen-bond acceptors (Lipinski definition) is 7. The van der Waals surface area contributed by atoms with Crippen LogP contribution in [0.5, 0.6) is 0 Å². The van der Waals surface area contributed by atoms with Gasteiger partial charge in [-0.2, -0.15) is 0 Å². The van der Waals surface area contributed by atoms with Crippen LogP contribution in [0.4, 0.5) is 10.1 Å². The Morgan fingerprint density at radius 3 is 2.50 bits per heavy atom. The molecule has 0 bridgehead atoms. The lowest BCUT2D eigenvalue weighted by atomic mass is 10.2. The number of para-hydroxylation sites is 1. The summed E-state index contributed by atoms with van der Waals surface area (Å²) >= 11 is 0.834. The highest BCUT2D eigenvalue weighted by Crippen LogP contribution is 2.39. The summed E-state index contributed by atoms with van der Waals surface area (Å²) in [6.45, 7) is 0. The first-order valence-corrected chi connectivity index (χ1v) is 9.83. The van der Waals surface area contributed by atoms with E-state index in [9.17, 15) is 22.9 Å². The maximum absolute atomic E-state index is 13.0. The van der Waals surface area contributed by atoms with Gasteiger partial charge in [-0.15, -0.1) is 0 Å². The maximum atomic E-state index is 13.0. The van der Waals surface area contributed by atoms with E-state index in [1.165, 1.54) is 48.7 Å². The van der Waals surface area contributed by atoms with Crippen LogP contribution >= 0.6 is 11.8 Å². The molecule has 0 atom stereocenters. The van der Waals surface area contributed by atoms with Crippen molar-refractivity contribution in [2.75, 3.05) is 6.26 Å². The van der Waals surface area contributed by atoms with E-state index in [0.29, 0.717) is 11.3 Å². The topological polar surface area (TPSA) is 103 Å². The Kier molecular flexibility index (Phi) is 4.79. The average Bonchev–Trinajstić information content (AvgIpc) is 3.03. The van der Waals surface area contributed by atoms with Crippen molar-refractivity contribution in [2.45, 2.75) is 15.0 Å². The van der Waals surface area contributed by atoms with Crippen molar-refractivity contribution < 1.29 is 22.1 Å². The summed E-state index contributed by atoms with van der Waals surface area (Å²) < 4.78 is 42.1. The standard InChI is InChI=1S/C16H11FN2O5S2/c1-26(22,23)14-4-2-3-13(15(14)19(20)21)25-16-18-9-12(24-16)10-5-7-11(17)8-6-10/h2-9H,1H3. The van der Waals surface area contributed by atoms with Gasteiger partial charge in [0, 0.05) is 11.8 Å². The van der Waals surface area contributed by atoms with Gasteiger partial charge in [-0.1, -0.05) is 6.07 Å². The number of nitro benzene ring substituents is 1. The van der Waals surface area contributed by atoms with Crippen molar-refractivity contribution in [3.63, 3.8) is 0 Å². The second-order valence-corrected chi connectivity index (χ2v) is 8.21. The Bertz CT molecular complexity index is 1080. The van der Waals surface area contributed by atoms with Crippen LogP contribution in [0.1, 0.15) is 0 Å². The summed E-state index contributed by atoms with van der Waals surface area (Å²) in [6.07, 6.45) is 2.31. The molecule has 0 aliphatic heterocycles. The first-order valence-electron chi connectivity index (χ1n) is 7.13. The van der Waals surface area contributed by atoms with Crippen LogP contribution in [0, 0.1) is 15.9 Å². The highest BCUT2D eigenvalue weighted by atomic mass is 32.2. The Labute approximate surface area is 151 Å². The summed E-state index contributed by atoms with van der Waals surface area (Å²) in [5.41, 5.74) is 0.0617. The molecule has 26 heavy (non-hydrogen) atoms. The van der Waals surface area contributed by atoms with Crippen LogP contribution in [0.25, 0.3) is 11.3 Å². The van der Waals surface area contributed by atoms with E-state index in [4.69, 9.17) is 4.42 Å². The van der Waals surface area contributed by atoms with Crippen LogP contribution in [0.2, 0.25) is 0 Å².